The highest BCUT2D eigenvalue weighted by Crippen LogP contribution is 2.10. The van der Waals surface area contributed by atoms with Crippen molar-refractivity contribution < 1.29 is 5.11 Å². The third-order valence-corrected chi connectivity index (χ3v) is 2.11. The van der Waals surface area contributed by atoms with Crippen LogP contribution < -0.4 is 5.32 Å². The first-order valence-corrected chi connectivity index (χ1v) is 4.99. The van der Waals surface area contributed by atoms with Crippen LogP contribution in [0.4, 0.5) is 5.82 Å². The molecule has 1 unspecified atom stereocenters. The van der Waals surface area contributed by atoms with Gasteiger partial charge in [0.15, 0.2) is 0 Å². The van der Waals surface area contributed by atoms with E-state index < -0.39 is 0 Å². The van der Waals surface area contributed by atoms with E-state index in [1.54, 1.807) is 6.20 Å². The van der Waals surface area contributed by atoms with E-state index in [0.717, 1.165) is 6.42 Å². The molecule has 1 aromatic heterocycles. The standard InChI is InChI=1S/C9H14ClN3O/c1-2-7(3-4-14)12-9-6-11-5-8(10)13-9/h5-7,14H,2-4H2,1H3,(H,12,13). The second kappa shape index (κ2) is 5.78. The highest BCUT2D eigenvalue weighted by molar-refractivity contribution is 6.29. The lowest BCUT2D eigenvalue weighted by atomic mass is 10.1. The van der Waals surface area contributed by atoms with Gasteiger partial charge in [-0.1, -0.05) is 18.5 Å². The molecule has 0 aliphatic heterocycles. The summed E-state index contributed by atoms with van der Waals surface area (Å²) in [4.78, 5) is 7.97. The van der Waals surface area contributed by atoms with Crippen molar-refractivity contribution in [2.24, 2.45) is 0 Å². The van der Waals surface area contributed by atoms with Gasteiger partial charge in [-0.25, -0.2) is 4.98 Å². The molecule has 0 bridgehead atoms. The molecule has 4 nitrogen and oxygen atoms in total. The summed E-state index contributed by atoms with van der Waals surface area (Å²) in [6, 6.07) is 0.216. The van der Waals surface area contributed by atoms with Crippen LogP contribution in [0.3, 0.4) is 0 Å². The molecular weight excluding hydrogens is 202 g/mol. The Labute approximate surface area is 88.3 Å². The summed E-state index contributed by atoms with van der Waals surface area (Å²) in [6.45, 7) is 2.21. The largest absolute Gasteiger partial charge is 0.396 e. The van der Waals surface area contributed by atoms with E-state index in [0.29, 0.717) is 17.4 Å². The summed E-state index contributed by atoms with van der Waals surface area (Å²) in [7, 11) is 0. The van der Waals surface area contributed by atoms with Crippen LogP contribution in [-0.2, 0) is 0 Å². The zero-order valence-electron chi connectivity index (χ0n) is 8.07. The molecule has 1 rings (SSSR count). The Morgan fingerprint density at radius 2 is 2.36 bits per heavy atom. The molecule has 0 saturated carbocycles. The van der Waals surface area contributed by atoms with Crippen molar-refractivity contribution in [1.82, 2.24) is 9.97 Å². The van der Waals surface area contributed by atoms with Gasteiger partial charge in [0, 0.05) is 12.6 Å². The van der Waals surface area contributed by atoms with Crippen molar-refractivity contribution in [2.75, 3.05) is 11.9 Å². The number of nitrogens with zero attached hydrogens (tertiary/aromatic N) is 2. The Bertz CT molecular complexity index is 283. The Kier molecular flexibility index (Phi) is 4.62. The van der Waals surface area contributed by atoms with Crippen LogP contribution in [0.5, 0.6) is 0 Å². The summed E-state index contributed by atoms with van der Waals surface area (Å²) in [5.41, 5.74) is 0. The highest BCUT2D eigenvalue weighted by atomic mass is 35.5. The zero-order chi connectivity index (χ0) is 10.4. The van der Waals surface area contributed by atoms with Gasteiger partial charge in [0.05, 0.1) is 12.4 Å². The van der Waals surface area contributed by atoms with E-state index in [4.69, 9.17) is 16.7 Å². The molecule has 0 spiro atoms. The van der Waals surface area contributed by atoms with Crippen molar-refractivity contribution in [3.8, 4) is 0 Å². The fraction of sp³-hybridized carbons (Fsp3) is 0.556. The van der Waals surface area contributed by atoms with Gasteiger partial charge in [0.2, 0.25) is 0 Å². The van der Waals surface area contributed by atoms with Crippen molar-refractivity contribution in [3.63, 3.8) is 0 Å². The van der Waals surface area contributed by atoms with E-state index in [1.165, 1.54) is 6.20 Å². The van der Waals surface area contributed by atoms with Crippen LogP contribution in [0.15, 0.2) is 12.4 Å². The van der Waals surface area contributed by atoms with Crippen molar-refractivity contribution in [1.29, 1.82) is 0 Å². The number of nitrogens with one attached hydrogen (secondary N) is 1. The number of aliphatic hydroxyl groups excluding tert-OH is 1. The molecule has 0 aromatic carbocycles. The topological polar surface area (TPSA) is 58.0 Å². The van der Waals surface area contributed by atoms with Gasteiger partial charge >= 0.3 is 0 Å². The van der Waals surface area contributed by atoms with Gasteiger partial charge in [-0.2, -0.15) is 0 Å². The molecule has 78 valence electrons. The van der Waals surface area contributed by atoms with E-state index in [2.05, 4.69) is 15.3 Å². The maximum absolute atomic E-state index is 8.80. The third-order valence-electron chi connectivity index (χ3n) is 1.93. The summed E-state index contributed by atoms with van der Waals surface area (Å²) in [5, 5.41) is 12.3. The fourth-order valence-electron chi connectivity index (χ4n) is 1.16. The first-order chi connectivity index (χ1) is 6.76. The number of hydrogen-bond acceptors (Lipinski definition) is 4. The predicted octanol–water partition coefficient (Wildman–Crippen LogP) is 1.70. The molecule has 0 fully saturated rings. The molecule has 1 heterocycles. The lowest BCUT2D eigenvalue weighted by Crippen LogP contribution is -2.20. The Morgan fingerprint density at radius 1 is 1.57 bits per heavy atom. The first-order valence-electron chi connectivity index (χ1n) is 4.61. The van der Waals surface area contributed by atoms with Crippen LogP contribution in [0, 0.1) is 0 Å². The normalized spacial score (nSPS) is 12.5. The van der Waals surface area contributed by atoms with Crippen LogP contribution in [0.2, 0.25) is 5.15 Å². The number of aromatic nitrogens is 2. The fourth-order valence-corrected chi connectivity index (χ4v) is 1.30. The highest BCUT2D eigenvalue weighted by Gasteiger charge is 2.06. The third kappa shape index (κ3) is 3.47. The molecule has 2 N–H and O–H groups in total. The average molecular weight is 216 g/mol. The molecule has 5 heteroatoms. The minimum absolute atomic E-state index is 0.166. The summed E-state index contributed by atoms with van der Waals surface area (Å²) in [6.07, 6.45) is 4.73. The van der Waals surface area contributed by atoms with Gasteiger partial charge in [-0.3, -0.25) is 4.98 Å². The summed E-state index contributed by atoms with van der Waals surface area (Å²) < 4.78 is 0. The van der Waals surface area contributed by atoms with Gasteiger partial charge in [-0.15, -0.1) is 0 Å². The quantitative estimate of drug-likeness (QED) is 0.785. The molecule has 1 atom stereocenters. The Morgan fingerprint density at radius 3 is 2.93 bits per heavy atom. The SMILES string of the molecule is CCC(CCO)Nc1cncc(Cl)n1. The maximum Gasteiger partial charge on any atom is 0.149 e. The molecule has 0 radical (unpaired) electrons. The van der Waals surface area contributed by atoms with Crippen LogP contribution in [0.1, 0.15) is 19.8 Å². The monoisotopic (exact) mass is 215 g/mol. The Hall–Kier alpha value is -0.870. The van der Waals surface area contributed by atoms with Gasteiger partial charge in [0.1, 0.15) is 11.0 Å². The van der Waals surface area contributed by atoms with Gasteiger partial charge in [-0.05, 0) is 12.8 Å². The molecule has 0 aliphatic carbocycles. The number of aliphatic hydroxyl groups is 1. The van der Waals surface area contributed by atoms with Crippen molar-refractivity contribution >= 4 is 17.4 Å². The zero-order valence-corrected chi connectivity index (χ0v) is 8.83. The first kappa shape index (κ1) is 11.2. The predicted molar refractivity (Wildman–Crippen MR) is 56.4 cm³/mol. The number of rotatable bonds is 5. The second-order valence-corrected chi connectivity index (χ2v) is 3.38. The molecular formula is C9H14ClN3O. The average Bonchev–Trinajstić information content (AvgIpc) is 2.17. The van der Waals surface area contributed by atoms with E-state index in [9.17, 15) is 0 Å². The van der Waals surface area contributed by atoms with Crippen LogP contribution >= 0.6 is 11.6 Å². The Balaban J connectivity index is 2.57. The molecule has 1 aromatic rings. The number of halogens is 1. The minimum Gasteiger partial charge on any atom is -0.396 e. The summed E-state index contributed by atoms with van der Waals surface area (Å²) in [5.74, 6) is 0.651. The maximum atomic E-state index is 8.80. The number of anilines is 1. The number of hydrogen-bond donors (Lipinski definition) is 2. The molecule has 0 aliphatic rings. The minimum atomic E-state index is 0.166. The van der Waals surface area contributed by atoms with Gasteiger partial charge in [0.25, 0.3) is 0 Å². The van der Waals surface area contributed by atoms with E-state index in [1.807, 2.05) is 6.92 Å². The van der Waals surface area contributed by atoms with Crippen LogP contribution in [0.25, 0.3) is 0 Å². The molecule has 14 heavy (non-hydrogen) atoms. The second-order valence-electron chi connectivity index (χ2n) is 2.99. The lowest BCUT2D eigenvalue weighted by molar-refractivity contribution is 0.278. The van der Waals surface area contributed by atoms with Crippen LogP contribution in [-0.4, -0.2) is 27.7 Å². The van der Waals surface area contributed by atoms with E-state index in [-0.39, 0.29) is 12.6 Å². The van der Waals surface area contributed by atoms with Gasteiger partial charge < -0.3 is 10.4 Å². The van der Waals surface area contributed by atoms with Crippen molar-refractivity contribution in [2.45, 2.75) is 25.8 Å². The van der Waals surface area contributed by atoms with E-state index >= 15 is 0 Å². The summed E-state index contributed by atoms with van der Waals surface area (Å²) >= 11 is 5.69. The van der Waals surface area contributed by atoms with Crippen molar-refractivity contribution in [3.05, 3.63) is 17.5 Å². The lowest BCUT2D eigenvalue weighted by Gasteiger charge is -2.15. The molecule has 0 amide bonds. The smallest absolute Gasteiger partial charge is 0.149 e. The molecule has 0 saturated heterocycles.